The first-order valence-corrected chi connectivity index (χ1v) is 13.3. The van der Waals surface area contributed by atoms with Gasteiger partial charge in [0.1, 0.15) is 13.2 Å². The molecular weight excluding hydrogens is 443 g/mol. The zero-order valence-electron chi connectivity index (χ0n) is 21.1. The number of aliphatic hydroxyl groups excluding tert-OH is 1. The van der Waals surface area contributed by atoms with E-state index in [1.165, 1.54) is 0 Å². The van der Waals surface area contributed by atoms with E-state index < -0.39 is 26.6 Å². The summed E-state index contributed by atoms with van der Waals surface area (Å²) in [6, 6.07) is -0.897. The number of rotatable bonds is 19. The monoisotopic (exact) mass is 488 g/mol. The Bertz CT molecular complexity index is 658. The lowest BCUT2D eigenvalue weighted by molar-refractivity contribution is -0.870. The molecule has 0 aliphatic heterocycles. The highest BCUT2D eigenvalue weighted by Gasteiger charge is 2.22. The molecule has 0 saturated heterocycles. The number of hydrogen-bond donors (Lipinski definition) is 2. The van der Waals surface area contributed by atoms with Crippen LogP contribution in [0, 0.1) is 0 Å². The van der Waals surface area contributed by atoms with Crippen LogP contribution in [-0.2, 0) is 18.4 Å². The third-order valence-electron chi connectivity index (χ3n) is 4.68. The molecule has 0 aliphatic carbocycles. The Hall–Kier alpha value is -1.28. The first-order chi connectivity index (χ1) is 15.5. The molecule has 0 rings (SSSR count). The predicted molar refractivity (Wildman–Crippen MR) is 131 cm³/mol. The second-order valence-corrected chi connectivity index (χ2v) is 10.4. The van der Waals surface area contributed by atoms with Gasteiger partial charge in [0.05, 0.1) is 39.9 Å². The van der Waals surface area contributed by atoms with Gasteiger partial charge in [-0.25, -0.2) is 0 Å². The minimum atomic E-state index is -4.55. The lowest BCUT2D eigenvalue weighted by atomic mass is 10.1. The van der Waals surface area contributed by atoms with Crippen LogP contribution < -0.4 is 10.2 Å². The van der Waals surface area contributed by atoms with Gasteiger partial charge in [0.25, 0.3) is 7.82 Å². The smallest absolute Gasteiger partial charge is 0.268 e. The van der Waals surface area contributed by atoms with Crippen molar-refractivity contribution in [3.63, 3.8) is 0 Å². The number of nitrogens with zero attached hydrogens (tertiary/aromatic N) is 1. The highest BCUT2D eigenvalue weighted by molar-refractivity contribution is 7.45. The highest BCUT2D eigenvalue weighted by Crippen LogP contribution is 2.38. The van der Waals surface area contributed by atoms with E-state index in [0.717, 1.165) is 32.1 Å². The van der Waals surface area contributed by atoms with Crippen LogP contribution in [0.3, 0.4) is 0 Å². The summed E-state index contributed by atoms with van der Waals surface area (Å²) in [4.78, 5) is 24.2. The maximum atomic E-state index is 12.2. The summed E-state index contributed by atoms with van der Waals surface area (Å²) in [5, 5.41) is 13.2. The normalized spacial score (nSPS) is 16.5. The average molecular weight is 489 g/mol. The molecule has 3 unspecified atom stereocenters. The molecule has 33 heavy (non-hydrogen) atoms. The molecule has 0 aliphatic rings. The van der Waals surface area contributed by atoms with E-state index in [0.29, 0.717) is 23.9 Å². The zero-order valence-corrected chi connectivity index (χ0v) is 22.0. The van der Waals surface area contributed by atoms with Gasteiger partial charge in [0.15, 0.2) is 0 Å². The summed E-state index contributed by atoms with van der Waals surface area (Å²) in [6.45, 7) is 4.05. The van der Waals surface area contributed by atoms with Crippen molar-refractivity contribution >= 4 is 13.7 Å². The van der Waals surface area contributed by atoms with Crippen LogP contribution in [0.1, 0.15) is 58.8 Å². The lowest BCUT2D eigenvalue weighted by Crippen LogP contribution is -2.45. The van der Waals surface area contributed by atoms with Crippen LogP contribution in [0.5, 0.6) is 0 Å². The number of phosphoric ester groups is 1. The molecular formula is C24H45N2O6P. The van der Waals surface area contributed by atoms with Crippen LogP contribution in [0.15, 0.2) is 36.5 Å². The molecule has 0 fully saturated rings. The summed E-state index contributed by atoms with van der Waals surface area (Å²) in [7, 11) is 1.21. The minimum absolute atomic E-state index is 0.0114. The van der Waals surface area contributed by atoms with E-state index in [-0.39, 0.29) is 12.5 Å². The van der Waals surface area contributed by atoms with Gasteiger partial charge < -0.3 is 28.8 Å². The number of nitrogens with one attached hydrogen (secondary N) is 1. The van der Waals surface area contributed by atoms with Crippen LogP contribution in [0.25, 0.3) is 0 Å². The number of hydrogen-bond acceptors (Lipinski definition) is 6. The van der Waals surface area contributed by atoms with Gasteiger partial charge in [-0.05, 0) is 39.0 Å². The number of carbonyl (C=O) groups is 1. The standard InChI is InChI=1S/C24H45N2O6P/c1-6-8-10-11-12-13-14-15-16-17-23(27)22(25-24(28)18-9-7-2)21-32-33(29,30)31-20-19-26(3,4)5/h6,8,12-13,16-17,22-23,27H,7,9-11,14-15,18-21H2,1-5H3,(H-,25,28,29,30)/b8-6+,13-12+,17-16+. The van der Waals surface area contributed by atoms with E-state index >= 15 is 0 Å². The minimum Gasteiger partial charge on any atom is -0.756 e. The van der Waals surface area contributed by atoms with E-state index in [1.807, 2.05) is 47.1 Å². The number of carbonyl (C=O) groups excluding carboxylic acids is 1. The van der Waals surface area contributed by atoms with Gasteiger partial charge in [0, 0.05) is 6.42 Å². The molecule has 0 heterocycles. The van der Waals surface area contributed by atoms with Crippen LogP contribution in [0.2, 0.25) is 0 Å². The van der Waals surface area contributed by atoms with Gasteiger partial charge in [-0.15, -0.1) is 0 Å². The van der Waals surface area contributed by atoms with Crippen LogP contribution >= 0.6 is 7.82 Å². The molecule has 0 saturated carbocycles. The zero-order chi connectivity index (χ0) is 25.2. The third kappa shape index (κ3) is 19.9. The molecule has 0 aromatic carbocycles. The predicted octanol–water partition coefficient (Wildman–Crippen LogP) is 3.48. The second-order valence-electron chi connectivity index (χ2n) is 8.98. The number of allylic oxidation sites excluding steroid dienone is 5. The molecule has 0 aromatic heterocycles. The molecule has 192 valence electrons. The summed E-state index contributed by atoms with van der Waals surface area (Å²) in [5.74, 6) is -0.256. The molecule has 8 nitrogen and oxygen atoms in total. The van der Waals surface area contributed by atoms with E-state index in [4.69, 9.17) is 9.05 Å². The lowest BCUT2D eigenvalue weighted by Gasteiger charge is -2.29. The molecule has 2 N–H and O–H groups in total. The quantitative estimate of drug-likeness (QED) is 0.125. The van der Waals surface area contributed by atoms with Gasteiger partial charge in [-0.1, -0.05) is 49.8 Å². The summed E-state index contributed by atoms with van der Waals surface area (Å²) in [5.41, 5.74) is 0. The number of unbranched alkanes of at least 4 members (excludes halogenated alkanes) is 3. The molecule has 9 heteroatoms. The third-order valence-corrected chi connectivity index (χ3v) is 5.64. The van der Waals surface area contributed by atoms with Crippen molar-refractivity contribution in [1.29, 1.82) is 0 Å². The van der Waals surface area contributed by atoms with Crippen molar-refractivity contribution in [3.05, 3.63) is 36.5 Å². The van der Waals surface area contributed by atoms with Crippen molar-refractivity contribution in [1.82, 2.24) is 5.32 Å². The van der Waals surface area contributed by atoms with Crippen molar-refractivity contribution < 1.29 is 32.9 Å². The van der Waals surface area contributed by atoms with Crippen molar-refractivity contribution in [2.75, 3.05) is 40.9 Å². The summed E-state index contributed by atoms with van der Waals surface area (Å²) >= 11 is 0. The number of phosphoric acid groups is 1. The van der Waals surface area contributed by atoms with Crippen LogP contribution in [0.4, 0.5) is 0 Å². The largest absolute Gasteiger partial charge is 0.756 e. The fourth-order valence-corrected chi connectivity index (χ4v) is 3.36. The Balaban J connectivity index is 4.76. The fourth-order valence-electron chi connectivity index (χ4n) is 2.63. The summed E-state index contributed by atoms with van der Waals surface area (Å²) < 4.78 is 22.5. The van der Waals surface area contributed by atoms with E-state index in [2.05, 4.69) is 23.5 Å². The Kier molecular flexibility index (Phi) is 17.4. The van der Waals surface area contributed by atoms with Gasteiger partial charge >= 0.3 is 0 Å². The van der Waals surface area contributed by atoms with Gasteiger partial charge in [0.2, 0.25) is 5.91 Å². The average Bonchev–Trinajstić information content (AvgIpc) is 2.72. The Morgan fingerprint density at radius 3 is 2.27 bits per heavy atom. The van der Waals surface area contributed by atoms with Crippen LogP contribution in [-0.4, -0.2) is 68.5 Å². The maximum Gasteiger partial charge on any atom is 0.268 e. The number of likely N-dealkylation sites (N-methyl/N-ethyl adjacent to an activating group) is 1. The maximum absolute atomic E-state index is 12.2. The SMILES string of the molecule is C/C=C/CC/C=C/CC/C=C/C(O)C(COP(=O)([O-])OCC[N+](C)(C)C)NC(=O)CCCC. The Morgan fingerprint density at radius 1 is 1.09 bits per heavy atom. The molecule has 0 radical (unpaired) electrons. The Morgan fingerprint density at radius 2 is 1.70 bits per heavy atom. The highest BCUT2D eigenvalue weighted by atomic mass is 31.2. The first kappa shape index (κ1) is 31.7. The van der Waals surface area contributed by atoms with Crippen molar-refractivity contribution in [3.8, 4) is 0 Å². The van der Waals surface area contributed by atoms with Gasteiger partial charge in [-0.3, -0.25) is 9.36 Å². The molecule has 0 aromatic rings. The fraction of sp³-hybridized carbons (Fsp3) is 0.708. The van der Waals surface area contributed by atoms with E-state index in [1.54, 1.807) is 6.08 Å². The second kappa shape index (κ2) is 18.1. The number of amides is 1. The molecule has 0 bridgehead atoms. The summed E-state index contributed by atoms with van der Waals surface area (Å²) in [6.07, 6.45) is 16.1. The molecule has 1 amide bonds. The van der Waals surface area contributed by atoms with Crippen molar-refractivity contribution in [2.45, 2.75) is 70.9 Å². The number of aliphatic hydroxyl groups is 1. The Labute approximate surface area is 200 Å². The molecule has 0 spiro atoms. The van der Waals surface area contributed by atoms with Crippen molar-refractivity contribution in [2.24, 2.45) is 0 Å². The molecule has 3 atom stereocenters. The number of quaternary nitrogens is 1. The van der Waals surface area contributed by atoms with Gasteiger partial charge in [-0.2, -0.15) is 0 Å². The first-order valence-electron chi connectivity index (χ1n) is 11.8. The van der Waals surface area contributed by atoms with E-state index in [9.17, 15) is 19.4 Å². The topological polar surface area (TPSA) is 108 Å².